The average Bonchev–Trinajstić information content (AvgIpc) is 2.22. The Morgan fingerprint density at radius 3 is 2.40 bits per heavy atom. The SMILES string of the molecule is COCC(CNC(=O)[C@@H](N)C(C)C)OC. The molecule has 5 heteroatoms. The Morgan fingerprint density at radius 1 is 1.40 bits per heavy atom. The number of rotatable bonds is 7. The number of methoxy groups -OCH3 is 2. The zero-order valence-electron chi connectivity index (χ0n) is 9.95. The predicted molar refractivity (Wildman–Crippen MR) is 58.5 cm³/mol. The lowest BCUT2D eigenvalue weighted by Gasteiger charge is -2.18. The third kappa shape index (κ3) is 5.71. The van der Waals surface area contributed by atoms with Gasteiger partial charge in [0, 0.05) is 20.8 Å². The molecule has 1 unspecified atom stereocenters. The summed E-state index contributed by atoms with van der Waals surface area (Å²) in [6, 6.07) is -0.468. The molecule has 0 saturated carbocycles. The fourth-order valence-electron chi connectivity index (χ4n) is 1.03. The van der Waals surface area contributed by atoms with E-state index in [2.05, 4.69) is 5.32 Å². The molecule has 0 aromatic rings. The van der Waals surface area contributed by atoms with Gasteiger partial charge in [-0.15, -0.1) is 0 Å². The Hall–Kier alpha value is -0.650. The normalized spacial score (nSPS) is 15.1. The molecule has 0 aliphatic carbocycles. The number of ether oxygens (including phenoxy) is 2. The molecule has 0 aromatic heterocycles. The van der Waals surface area contributed by atoms with Gasteiger partial charge in [-0.3, -0.25) is 4.79 Å². The van der Waals surface area contributed by atoms with Crippen molar-refractivity contribution in [3.63, 3.8) is 0 Å². The van der Waals surface area contributed by atoms with Crippen LogP contribution in [-0.4, -0.2) is 45.4 Å². The lowest BCUT2D eigenvalue weighted by molar-refractivity contribution is -0.124. The highest BCUT2D eigenvalue weighted by atomic mass is 16.5. The quantitative estimate of drug-likeness (QED) is 0.618. The Kier molecular flexibility index (Phi) is 7.29. The third-order valence-electron chi connectivity index (χ3n) is 2.21. The number of carbonyl (C=O) groups is 1. The Balaban J connectivity index is 3.87. The van der Waals surface area contributed by atoms with Gasteiger partial charge in [-0.05, 0) is 5.92 Å². The predicted octanol–water partition coefficient (Wildman–Crippen LogP) is -0.253. The van der Waals surface area contributed by atoms with Crippen molar-refractivity contribution in [2.24, 2.45) is 11.7 Å². The molecule has 0 saturated heterocycles. The summed E-state index contributed by atoms with van der Waals surface area (Å²) in [6.45, 7) is 4.69. The van der Waals surface area contributed by atoms with Crippen molar-refractivity contribution in [1.29, 1.82) is 0 Å². The number of hydrogen-bond acceptors (Lipinski definition) is 4. The van der Waals surface area contributed by atoms with E-state index < -0.39 is 6.04 Å². The van der Waals surface area contributed by atoms with Gasteiger partial charge in [0.2, 0.25) is 5.91 Å². The zero-order chi connectivity index (χ0) is 11.8. The first-order valence-corrected chi connectivity index (χ1v) is 5.08. The number of amides is 1. The largest absolute Gasteiger partial charge is 0.382 e. The van der Waals surface area contributed by atoms with Crippen molar-refractivity contribution < 1.29 is 14.3 Å². The van der Waals surface area contributed by atoms with Crippen LogP contribution in [0.4, 0.5) is 0 Å². The molecule has 0 radical (unpaired) electrons. The fraction of sp³-hybridized carbons (Fsp3) is 0.900. The number of carbonyl (C=O) groups excluding carboxylic acids is 1. The maximum atomic E-state index is 11.5. The molecule has 0 aliphatic rings. The van der Waals surface area contributed by atoms with Crippen molar-refractivity contribution in [1.82, 2.24) is 5.32 Å². The van der Waals surface area contributed by atoms with Crippen molar-refractivity contribution in [3.8, 4) is 0 Å². The third-order valence-corrected chi connectivity index (χ3v) is 2.21. The minimum absolute atomic E-state index is 0.127. The molecule has 0 spiro atoms. The first kappa shape index (κ1) is 14.3. The van der Waals surface area contributed by atoms with Crippen molar-refractivity contribution in [2.75, 3.05) is 27.4 Å². The van der Waals surface area contributed by atoms with Gasteiger partial charge in [0.15, 0.2) is 0 Å². The van der Waals surface area contributed by atoms with Crippen LogP contribution in [-0.2, 0) is 14.3 Å². The first-order valence-electron chi connectivity index (χ1n) is 5.08. The standard InChI is InChI=1S/C10H22N2O3/c1-7(2)9(11)10(13)12-5-8(15-4)6-14-3/h7-9H,5-6,11H2,1-4H3,(H,12,13)/t8?,9-/m0/s1. The maximum Gasteiger partial charge on any atom is 0.237 e. The van der Waals surface area contributed by atoms with E-state index in [0.717, 1.165) is 0 Å². The summed E-state index contributed by atoms with van der Waals surface area (Å²) >= 11 is 0. The van der Waals surface area contributed by atoms with Gasteiger partial charge in [0.1, 0.15) is 0 Å². The fourth-order valence-corrected chi connectivity index (χ4v) is 1.03. The van der Waals surface area contributed by atoms with E-state index >= 15 is 0 Å². The lowest BCUT2D eigenvalue weighted by atomic mass is 10.1. The van der Waals surface area contributed by atoms with Gasteiger partial charge in [0.05, 0.1) is 18.8 Å². The summed E-state index contributed by atoms with van der Waals surface area (Å²) in [7, 11) is 3.17. The van der Waals surface area contributed by atoms with E-state index in [0.29, 0.717) is 13.2 Å². The molecular formula is C10H22N2O3. The van der Waals surface area contributed by atoms with Crippen molar-refractivity contribution >= 4 is 5.91 Å². The highest BCUT2D eigenvalue weighted by Crippen LogP contribution is 1.98. The molecule has 0 bridgehead atoms. The second-order valence-corrected chi connectivity index (χ2v) is 3.83. The Labute approximate surface area is 91.3 Å². The van der Waals surface area contributed by atoms with E-state index in [1.54, 1.807) is 14.2 Å². The van der Waals surface area contributed by atoms with Gasteiger partial charge in [0.25, 0.3) is 0 Å². The summed E-state index contributed by atoms with van der Waals surface area (Å²) in [4.78, 5) is 11.5. The van der Waals surface area contributed by atoms with Gasteiger partial charge < -0.3 is 20.5 Å². The van der Waals surface area contributed by atoms with Gasteiger partial charge >= 0.3 is 0 Å². The van der Waals surface area contributed by atoms with Crippen LogP contribution in [0.1, 0.15) is 13.8 Å². The highest BCUT2D eigenvalue weighted by Gasteiger charge is 2.18. The van der Waals surface area contributed by atoms with E-state index in [9.17, 15) is 4.79 Å². The molecule has 0 aromatic carbocycles. The number of nitrogens with one attached hydrogen (secondary N) is 1. The summed E-state index contributed by atoms with van der Waals surface area (Å²) in [5.74, 6) is -0.0171. The van der Waals surface area contributed by atoms with Crippen molar-refractivity contribution in [2.45, 2.75) is 26.0 Å². The summed E-state index contributed by atoms with van der Waals surface area (Å²) in [6.07, 6.45) is -0.127. The van der Waals surface area contributed by atoms with Crippen LogP contribution < -0.4 is 11.1 Å². The van der Waals surface area contributed by atoms with Crippen LogP contribution in [0.25, 0.3) is 0 Å². The van der Waals surface area contributed by atoms with Gasteiger partial charge in [-0.1, -0.05) is 13.8 Å². The summed E-state index contributed by atoms with van der Waals surface area (Å²) in [5, 5.41) is 2.73. The lowest BCUT2D eigenvalue weighted by Crippen LogP contribution is -2.46. The molecule has 1 amide bonds. The molecule has 0 rings (SSSR count). The minimum atomic E-state index is -0.468. The number of hydrogen-bond donors (Lipinski definition) is 2. The maximum absolute atomic E-state index is 11.5. The van der Waals surface area contributed by atoms with Crippen LogP contribution in [0.3, 0.4) is 0 Å². The smallest absolute Gasteiger partial charge is 0.237 e. The van der Waals surface area contributed by atoms with Crippen LogP contribution in [0.5, 0.6) is 0 Å². The molecule has 2 atom stereocenters. The molecule has 0 fully saturated rings. The average molecular weight is 218 g/mol. The van der Waals surface area contributed by atoms with E-state index in [1.165, 1.54) is 0 Å². The topological polar surface area (TPSA) is 73.6 Å². The molecule has 3 N–H and O–H groups in total. The Morgan fingerprint density at radius 2 is 2.00 bits per heavy atom. The summed E-state index contributed by atoms with van der Waals surface area (Å²) in [5.41, 5.74) is 5.68. The number of nitrogens with two attached hydrogens (primary N) is 1. The Bertz CT molecular complexity index is 186. The van der Waals surface area contributed by atoms with E-state index in [4.69, 9.17) is 15.2 Å². The molecule has 0 aliphatic heterocycles. The second kappa shape index (κ2) is 7.62. The summed E-state index contributed by atoms with van der Waals surface area (Å²) < 4.78 is 10.0. The molecule has 5 nitrogen and oxygen atoms in total. The first-order chi connectivity index (χ1) is 7.02. The minimum Gasteiger partial charge on any atom is -0.382 e. The second-order valence-electron chi connectivity index (χ2n) is 3.83. The highest BCUT2D eigenvalue weighted by molar-refractivity contribution is 5.81. The van der Waals surface area contributed by atoms with Gasteiger partial charge in [-0.2, -0.15) is 0 Å². The van der Waals surface area contributed by atoms with Crippen LogP contribution in [0.2, 0.25) is 0 Å². The van der Waals surface area contributed by atoms with Crippen LogP contribution >= 0.6 is 0 Å². The van der Waals surface area contributed by atoms with Crippen LogP contribution in [0, 0.1) is 5.92 Å². The monoisotopic (exact) mass is 218 g/mol. The zero-order valence-corrected chi connectivity index (χ0v) is 9.95. The molecular weight excluding hydrogens is 196 g/mol. The van der Waals surface area contributed by atoms with Crippen LogP contribution in [0.15, 0.2) is 0 Å². The molecule has 90 valence electrons. The van der Waals surface area contributed by atoms with Gasteiger partial charge in [-0.25, -0.2) is 0 Å². The molecule has 0 heterocycles. The van der Waals surface area contributed by atoms with Crippen molar-refractivity contribution in [3.05, 3.63) is 0 Å². The molecule has 15 heavy (non-hydrogen) atoms. The van der Waals surface area contributed by atoms with E-state index in [1.807, 2.05) is 13.8 Å². The van der Waals surface area contributed by atoms with E-state index in [-0.39, 0.29) is 17.9 Å².